The molecule has 3 aromatic carbocycles. The summed E-state index contributed by atoms with van der Waals surface area (Å²) in [6.45, 7) is 0. The highest BCUT2D eigenvalue weighted by molar-refractivity contribution is 8.27. The number of hydrazone groups is 1. The van der Waals surface area contributed by atoms with Gasteiger partial charge in [0.05, 0.1) is 17.7 Å². The third-order valence-electron chi connectivity index (χ3n) is 5.29. The number of aliphatic imine (C=N–C) groups is 1. The van der Waals surface area contributed by atoms with Gasteiger partial charge >= 0.3 is 10.1 Å². The zero-order valence-corrected chi connectivity index (χ0v) is 21.5. The summed E-state index contributed by atoms with van der Waals surface area (Å²) in [6, 6.07) is 19.3. The number of fused-ring (bicyclic) bond motifs is 1. The number of nitrogens with zero attached hydrogens (tertiary/aromatic N) is 3. The molecule has 0 aromatic heterocycles. The lowest BCUT2D eigenvalue weighted by Gasteiger charge is -2.20. The maximum absolute atomic E-state index is 12.8. The van der Waals surface area contributed by atoms with Crippen LogP contribution in [0.5, 0.6) is 11.5 Å². The maximum atomic E-state index is 12.8. The molecule has 37 heavy (non-hydrogen) atoms. The number of rotatable bonds is 6. The van der Waals surface area contributed by atoms with Gasteiger partial charge in [0.1, 0.15) is 9.94 Å². The van der Waals surface area contributed by atoms with Crippen molar-refractivity contribution in [1.82, 2.24) is 5.01 Å². The fourth-order valence-electron chi connectivity index (χ4n) is 3.50. The number of hydrogen-bond donors (Lipinski definition) is 1. The van der Waals surface area contributed by atoms with Crippen molar-refractivity contribution in [1.29, 1.82) is 5.41 Å². The molecule has 186 valence electrons. The van der Waals surface area contributed by atoms with Crippen LogP contribution in [-0.2, 0) is 14.9 Å². The molecule has 12 heteroatoms. The molecular formula is C25H17ClN4O5S2. The Morgan fingerprint density at radius 3 is 2.49 bits per heavy atom. The fourth-order valence-corrected chi connectivity index (χ4v) is 5.67. The monoisotopic (exact) mass is 552 g/mol. The predicted molar refractivity (Wildman–Crippen MR) is 143 cm³/mol. The van der Waals surface area contributed by atoms with Crippen molar-refractivity contribution in [3.63, 3.8) is 0 Å². The molecule has 0 saturated heterocycles. The van der Waals surface area contributed by atoms with Gasteiger partial charge in [0.25, 0.3) is 5.91 Å². The number of methoxy groups -OCH3 is 1. The number of amides is 1. The molecule has 5 rings (SSSR count). The molecule has 2 heterocycles. The van der Waals surface area contributed by atoms with Crippen molar-refractivity contribution in [3.8, 4) is 11.5 Å². The summed E-state index contributed by atoms with van der Waals surface area (Å²) < 4.78 is 35.8. The number of nitrogens with one attached hydrogen (secondary N) is 1. The number of hydrogen-bond acceptors (Lipinski definition) is 8. The van der Waals surface area contributed by atoms with Crippen LogP contribution in [0.1, 0.15) is 11.1 Å². The molecule has 0 atom stereocenters. The topological polar surface area (TPSA) is 121 Å². The van der Waals surface area contributed by atoms with Gasteiger partial charge in [-0.05, 0) is 53.7 Å². The van der Waals surface area contributed by atoms with E-state index in [4.69, 9.17) is 25.9 Å². The Balaban J connectivity index is 1.43. The molecule has 0 saturated carbocycles. The van der Waals surface area contributed by atoms with Crippen LogP contribution in [0.25, 0.3) is 6.08 Å². The molecule has 0 unspecified atom stereocenters. The SMILES string of the molecule is COc1cc(C=C2C(=N)N3N=C(c4ccccc4Cl)SC3=NC2=O)ccc1OS(=O)(=O)c1ccccc1. The molecule has 2 aliphatic heterocycles. The minimum Gasteiger partial charge on any atom is -0.493 e. The van der Waals surface area contributed by atoms with Crippen molar-refractivity contribution in [2.45, 2.75) is 4.90 Å². The van der Waals surface area contributed by atoms with Gasteiger partial charge < -0.3 is 8.92 Å². The standard InChI is InChI=1S/C25H17ClN4O5S2/c1-34-21-14-15(11-12-20(21)35-37(32,33)16-7-3-2-4-8-16)13-18-22(27)30-25(28-23(18)31)36-24(29-30)17-9-5-6-10-19(17)26/h2-14,27H,1H3. The van der Waals surface area contributed by atoms with Crippen LogP contribution in [0.2, 0.25) is 5.02 Å². The molecule has 0 bridgehead atoms. The van der Waals surface area contributed by atoms with Crippen LogP contribution in [0.3, 0.4) is 0 Å². The highest BCUT2D eigenvalue weighted by atomic mass is 35.5. The van der Waals surface area contributed by atoms with Crippen LogP contribution in [0.15, 0.2) is 93.4 Å². The molecule has 9 nitrogen and oxygen atoms in total. The van der Waals surface area contributed by atoms with Gasteiger partial charge in [0, 0.05) is 5.56 Å². The zero-order chi connectivity index (χ0) is 26.2. The fraction of sp³-hybridized carbons (Fsp3) is 0.0400. The second kappa shape index (κ2) is 9.85. The number of carbonyl (C=O) groups excluding carboxylic acids is 1. The highest BCUT2D eigenvalue weighted by Crippen LogP contribution is 2.35. The summed E-state index contributed by atoms with van der Waals surface area (Å²) in [6.07, 6.45) is 1.45. The van der Waals surface area contributed by atoms with Crippen LogP contribution in [0.4, 0.5) is 0 Å². The summed E-state index contributed by atoms with van der Waals surface area (Å²) in [5, 5.41) is 15.6. The Hall–Kier alpha value is -3.93. The summed E-state index contributed by atoms with van der Waals surface area (Å²) in [5.74, 6) is -0.659. The zero-order valence-electron chi connectivity index (χ0n) is 19.1. The van der Waals surface area contributed by atoms with Crippen molar-refractivity contribution in [2.75, 3.05) is 7.11 Å². The second-order valence-electron chi connectivity index (χ2n) is 7.67. The van der Waals surface area contributed by atoms with Crippen LogP contribution < -0.4 is 8.92 Å². The van der Waals surface area contributed by atoms with E-state index in [0.717, 1.165) is 11.8 Å². The normalized spacial score (nSPS) is 16.4. The van der Waals surface area contributed by atoms with Crippen LogP contribution in [0, 0.1) is 5.41 Å². The third kappa shape index (κ3) is 4.88. The predicted octanol–water partition coefficient (Wildman–Crippen LogP) is 4.78. The summed E-state index contributed by atoms with van der Waals surface area (Å²) in [7, 11) is -2.71. The van der Waals surface area contributed by atoms with Crippen molar-refractivity contribution in [3.05, 3.63) is 94.5 Å². The van der Waals surface area contributed by atoms with Gasteiger partial charge in [-0.1, -0.05) is 54.1 Å². The van der Waals surface area contributed by atoms with Crippen molar-refractivity contribution < 1.29 is 22.1 Å². The maximum Gasteiger partial charge on any atom is 0.339 e. The molecule has 0 fully saturated rings. The Morgan fingerprint density at radius 1 is 1.03 bits per heavy atom. The van der Waals surface area contributed by atoms with E-state index in [1.54, 1.807) is 42.5 Å². The third-order valence-corrected chi connectivity index (χ3v) is 7.81. The molecule has 1 N–H and O–H groups in total. The van der Waals surface area contributed by atoms with Crippen molar-refractivity contribution >= 4 is 61.5 Å². The summed E-state index contributed by atoms with van der Waals surface area (Å²) in [5.41, 5.74) is 1.14. The molecule has 0 spiro atoms. The molecule has 0 radical (unpaired) electrons. The Bertz CT molecular complexity index is 1640. The van der Waals surface area contributed by atoms with E-state index in [9.17, 15) is 13.2 Å². The van der Waals surface area contributed by atoms with Gasteiger partial charge in [-0.15, -0.1) is 0 Å². The molecule has 3 aromatic rings. The number of amidine groups is 2. The first-order valence-electron chi connectivity index (χ1n) is 10.7. The second-order valence-corrected chi connectivity index (χ2v) is 10.6. The number of thioether (sulfide) groups is 1. The lowest BCUT2D eigenvalue weighted by molar-refractivity contribution is -0.114. The molecule has 2 aliphatic rings. The summed E-state index contributed by atoms with van der Waals surface area (Å²) >= 11 is 7.42. The summed E-state index contributed by atoms with van der Waals surface area (Å²) in [4.78, 5) is 16.9. The van der Waals surface area contributed by atoms with E-state index >= 15 is 0 Å². The van der Waals surface area contributed by atoms with Gasteiger partial charge in [0.2, 0.25) is 5.17 Å². The number of benzene rings is 3. The minimum absolute atomic E-state index is 0.00105. The van der Waals surface area contributed by atoms with E-state index in [1.807, 2.05) is 6.07 Å². The minimum atomic E-state index is -4.08. The quantitative estimate of drug-likeness (QED) is 0.345. The first-order valence-corrected chi connectivity index (χ1v) is 13.3. The van der Waals surface area contributed by atoms with Crippen LogP contribution in [-0.4, -0.2) is 42.5 Å². The van der Waals surface area contributed by atoms with E-state index in [2.05, 4.69) is 10.1 Å². The lowest BCUT2D eigenvalue weighted by Crippen LogP contribution is -2.35. The van der Waals surface area contributed by atoms with Gasteiger partial charge in [-0.3, -0.25) is 10.2 Å². The average molecular weight is 553 g/mol. The highest BCUT2D eigenvalue weighted by Gasteiger charge is 2.36. The Morgan fingerprint density at radius 2 is 1.76 bits per heavy atom. The van der Waals surface area contributed by atoms with Gasteiger partial charge in [-0.25, -0.2) is 0 Å². The smallest absolute Gasteiger partial charge is 0.339 e. The number of carbonyl (C=O) groups is 1. The largest absolute Gasteiger partial charge is 0.493 e. The van der Waals surface area contributed by atoms with Crippen LogP contribution >= 0.6 is 23.4 Å². The number of ether oxygens (including phenoxy) is 1. The first-order chi connectivity index (χ1) is 17.8. The number of halogens is 1. The lowest BCUT2D eigenvalue weighted by atomic mass is 10.1. The Labute approximate surface area is 221 Å². The van der Waals surface area contributed by atoms with E-state index in [1.165, 1.54) is 42.5 Å². The first kappa shape index (κ1) is 24.8. The molecule has 0 aliphatic carbocycles. The molecule has 1 amide bonds. The van der Waals surface area contributed by atoms with E-state index in [0.29, 0.717) is 21.2 Å². The van der Waals surface area contributed by atoms with E-state index < -0.39 is 16.0 Å². The van der Waals surface area contributed by atoms with Gasteiger partial charge in [0.15, 0.2) is 17.3 Å². The Kier molecular flexibility index (Phi) is 6.59. The molecular weight excluding hydrogens is 536 g/mol. The average Bonchev–Trinajstić information content (AvgIpc) is 3.31. The van der Waals surface area contributed by atoms with Gasteiger partial charge in [-0.2, -0.15) is 23.5 Å². The van der Waals surface area contributed by atoms with E-state index in [-0.39, 0.29) is 33.0 Å². The van der Waals surface area contributed by atoms with Crippen molar-refractivity contribution in [2.24, 2.45) is 10.1 Å².